The maximum Gasteiger partial charge on any atom is 0.310 e. The quantitative estimate of drug-likeness (QED) is 0.316. The van der Waals surface area contributed by atoms with Crippen molar-refractivity contribution in [3.05, 3.63) is 65.4 Å². The van der Waals surface area contributed by atoms with Crippen LogP contribution >= 0.6 is 0 Å². The Labute approximate surface area is 238 Å². The SMILES string of the molecule is CCOC(=O)[C@H]1CCCN(C(=O)c2coc(CN(Cc3ccc4c(c3)OCO4)Cc3cc(OC)ccc3OC)n2)C1. The third-order valence-corrected chi connectivity index (χ3v) is 7.18. The number of aromatic nitrogens is 1. The van der Waals surface area contributed by atoms with Crippen LogP contribution in [0.2, 0.25) is 0 Å². The molecule has 1 amide bonds. The molecule has 218 valence electrons. The van der Waals surface area contributed by atoms with Gasteiger partial charge >= 0.3 is 5.97 Å². The van der Waals surface area contributed by atoms with Gasteiger partial charge in [0.15, 0.2) is 17.2 Å². The molecule has 2 aliphatic rings. The van der Waals surface area contributed by atoms with Crippen molar-refractivity contribution in [1.82, 2.24) is 14.8 Å². The summed E-state index contributed by atoms with van der Waals surface area (Å²) in [6.07, 6.45) is 2.82. The Kier molecular flexibility index (Phi) is 8.93. The third-order valence-electron chi connectivity index (χ3n) is 7.18. The molecule has 0 aliphatic carbocycles. The molecule has 2 aliphatic heterocycles. The van der Waals surface area contributed by atoms with Crippen molar-refractivity contribution in [1.29, 1.82) is 0 Å². The number of nitrogens with zero attached hydrogens (tertiary/aromatic N) is 3. The molecule has 11 heteroatoms. The Morgan fingerprint density at radius 2 is 1.90 bits per heavy atom. The number of carbonyl (C=O) groups is 2. The highest BCUT2D eigenvalue weighted by Crippen LogP contribution is 2.33. The van der Waals surface area contributed by atoms with Crippen molar-refractivity contribution in [2.75, 3.05) is 40.7 Å². The van der Waals surface area contributed by atoms with Gasteiger partial charge in [-0.1, -0.05) is 6.07 Å². The number of hydrogen-bond donors (Lipinski definition) is 0. The van der Waals surface area contributed by atoms with Crippen LogP contribution in [0, 0.1) is 5.92 Å². The van der Waals surface area contributed by atoms with Gasteiger partial charge in [-0.05, 0) is 55.7 Å². The van der Waals surface area contributed by atoms with E-state index in [1.54, 1.807) is 26.0 Å². The largest absolute Gasteiger partial charge is 0.497 e. The number of rotatable bonds is 11. The minimum atomic E-state index is -0.325. The average molecular weight is 566 g/mol. The lowest BCUT2D eigenvalue weighted by molar-refractivity contribution is -0.149. The predicted molar refractivity (Wildman–Crippen MR) is 147 cm³/mol. The minimum absolute atomic E-state index is 0.203. The van der Waals surface area contributed by atoms with E-state index in [9.17, 15) is 9.59 Å². The maximum absolute atomic E-state index is 13.3. The summed E-state index contributed by atoms with van der Waals surface area (Å²) in [5.41, 5.74) is 2.15. The second-order valence-electron chi connectivity index (χ2n) is 9.98. The molecule has 0 unspecified atom stereocenters. The monoisotopic (exact) mass is 565 g/mol. The van der Waals surface area contributed by atoms with Gasteiger partial charge in [-0.15, -0.1) is 0 Å². The number of piperidine rings is 1. The molecule has 0 saturated carbocycles. The minimum Gasteiger partial charge on any atom is -0.497 e. The summed E-state index contributed by atoms with van der Waals surface area (Å²) >= 11 is 0. The molecule has 2 aromatic carbocycles. The van der Waals surface area contributed by atoms with Gasteiger partial charge < -0.3 is 33.0 Å². The molecule has 1 saturated heterocycles. The molecule has 11 nitrogen and oxygen atoms in total. The van der Waals surface area contributed by atoms with E-state index in [1.165, 1.54) is 6.26 Å². The topological polar surface area (TPSA) is 113 Å². The van der Waals surface area contributed by atoms with E-state index >= 15 is 0 Å². The van der Waals surface area contributed by atoms with Crippen LogP contribution in [0.1, 0.15) is 47.3 Å². The van der Waals surface area contributed by atoms with E-state index in [1.807, 2.05) is 36.4 Å². The molecule has 1 aromatic heterocycles. The van der Waals surface area contributed by atoms with Crippen molar-refractivity contribution in [2.45, 2.75) is 39.4 Å². The summed E-state index contributed by atoms with van der Waals surface area (Å²) in [5, 5.41) is 0. The number of benzene rings is 2. The molecule has 1 fully saturated rings. The molecular formula is C30H35N3O8. The smallest absolute Gasteiger partial charge is 0.310 e. The fraction of sp³-hybridized carbons (Fsp3) is 0.433. The van der Waals surface area contributed by atoms with Crippen molar-refractivity contribution < 1.29 is 37.7 Å². The number of oxazole rings is 1. The molecule has 0 bridgehead atoms. The molecule has 41 heavy (non-hydrogen) atoms. The van der Waals surface area contributed by atoms with Crippen LogP contribution in [0.15, 0.2) is 47.1 Å². The number of amides is 1. The van der Waals surface area contributed by atoms with Crippen LogP contribution in [-0.4, -0.2) is 67.4 Å². The summed E-state index contributed by atoms with van der Waals surface area (Å²) in [6, 6.07) is 11.5. The lowest BCUT2D eigenvalue weighted by Crippen LogP contribution is -2.43. The van der Waals surface area contributed by atoms with Crippen LogP contribution in [0.25, 0.3) is 0 Å². The number of fused-ring (bicyclic) bond motifs is 1. The maximum atomic E-state index is 13.3. The Morgan fingerprint density at radius 3 is 2.71 bits per heavy atom. The van der Waals surface area contributed by atoms with Crippen molar-refractivity contribution in [3.63, 3.8) is 0 Å². The number of methoxy groups -OCH3 is 2. The van der Waals surface area contributed by atoms with Gasteiger partial charge in [0, 0.05) is 31.7 Å². The number of carbonyl (C=O) groups excluding carboxylic acids is 2. The summed E-state index contributed by atoms with van der Waals surface area (Å²) in [6.45, 7) is 4.53. The van der Waals surface area contributed by atoms with E-state index in [4.69, 9.17) is 28.1 Å². The standard InChI is InChI=1S/C30H35N3O8/c1-4-38-30(35)21-6-5-11-33(16-21)29(34)24-18-39-28(31-24)17-32(14-20-7-9-26-27(12-20)41-19-40-26)15-22-13-23(36-2)8-10-25(22)37-3/h7-10,12-13,18,21H,4-6,11,14-17,19H2,1-3H3/t21-/m0/s1. The van der Waals surface area contributed by atoms with Crippen LogP contribution in [-0.2, 0) is 29.2 Å². The average Bonchev–Trinajstić information content (AvgIpc) is 3.66. The Balaban J connectivity index is 1.33. The summed E-state index contributed by atoms with van der Waals surface area (Å²) in [4.78, 5) is 33.8. The molecule has 3 heterocycles. The van der Waals surface area contributed by atoms with E-state index in [-0.39, 0.29) is 30.3 Å². The van der Waals surface area contributed by atoms with Gasteiger partial charge in [0.25, 0.3) is 5.91 Å². The van der Waals surface area contributed by atoms with Crippen LogP contribution in [0.3, 0.4) is 0 Å². The number of ether oxygens (including phenoxy) is 5. The van der Waals surface area contributed by atoms with E-state index < -0.39 is 0 Å². The lowest BCUT2D eigenvalue weighted by Gasteiger charge is -2.30. The van der Waals surface area contributed by atoms with Gasteiger partial charge in [0.2, 0.25) is 12.7 Å². The van der Waals surface area contributed by atoms with Crippen molar-refractivity contribution in [2.24, 2.45) is 5.92 Å². The van der Waals surface area contributed by atoms with Crippen LogP contribution in [0.5, 0.6) is 23.0 Å². The third kappa shape index (κ3) is 6.74. The van der Waals surface area contributed by atoms with Crippen LogP contribution < -0.4 is 18.9 Å². The van der Waals surface area contributed by atoms with Gasteiger partial charge in [-0.25, -0.2) is 4.98 Å². The first kappa shape index (κ1) is 28.3. The summed E-state index contributed by atoms with van der Waals surface area (Å²) in [7, 11) is 3.26. The molecule has 5 rings (SSSR count). The molecule has 0 spiro atoms. The Hall–Kier alpha value is -4.25. The molecule has 0 radical (unpaired) electrons. The van der Waals surface area contributed by atoms with E-state index in [0.29, 0.717) is 63.1 Å². The van der Waals surface area contributed by atoms with Crippen molar-refractivity contribution in [3.8, 4) is 23.0 Å². The zero-order valence-electron chi connectivity index (χ0n) is 23.6. The second kappa shape index (κ2) is 12.9. The zero-order valence-corrected chi connectivity index (χ0v) is 23.6. The lowest BCUT2D eigenvalue weighted by atomic mass is 9.98. The Morgan fingerprint density at radius 1 is 1.05 bits per heavy atom. The van der Waals surface area contributed by atoms with Gasteiger partial charge in [-0.3, -0.25) is 14.5 Å². The first-order valence-electron chi connectivity index (χ1n) is 13.7. The van der Waals surface area contributed by atoms with E-state index in [0.717, 1.165) is 29.0 Å². The normalized spacial score (nSPS) is 16.1. The number of esters is 1. The Bertz CT molecular complexity index is 1370. The fourth-order valence-electron chi connectivity index (χ4n) is 5.16. The highest BCUT2D eigenvalue weighted by atomic mass is 16.7. The first-order valence-corrected chi connectivity index (χ1v) is 13.7. The molecular weight excluding hydrogens is 530 g/mol. The highest BCUT2D eigenvalue weighted by Gasteiger charge is 2.31. The zero-order chi connectivity index (χ0) is 28.8. The molecule has 3 aromatic rings. The fourth-order valence-corrected chi connectivity index (χ4v) is 5.16. The highest BCUT2D eigenvalue weighted by molar-refractivity contribution is 5.92. The number of likely N-dealkylation sites (tertiary alicyclic amines) is 1. The van der Waals surface area contributed by atoms with Gasteiger partial charge in [0.05, 0.1) is 33.3 Å². The first-order chi connectivity index (χ1) is 20.0. The van der Waals surface area contributed by atoms with E-state index in [2.05, 4.69) is 9.88 Å². The predicted octanol–water partition coefficient (Wildman–Crippen LogP) is 4.04. The summed E-state index contributed by atoms with van der Waals surface area (Å²) in [5.74, 6) is 2.41. The summed E-state index contributed by atoms with van der Waals surface area (Å²) < 4.78 is 33.0. The van der Waals surface area contributed by atoms with Gasteiger partial charge in [-0.2, -0.15) is 0 Å². The van der Waals surface area contributed by atoms with Gasteiger partial charge in [0.1, 0.15) is 17.8 Å². The molecule has 0 N–H and O–H groups in total. The molecule has 1 atom stereocenters. The second-order valence-corrected chi connectivity index (χ2v) is 9.98. The van der Waals surface area contributed by atoms with Crippen LogP contribution in [0.4, 0.5) is 0 Å². The van der Waals surface area contributed by atoms with Crippen molar-refractivity contribution >= 4 is 11.9 Å². The number of hydrogen-bond acceptors (Lipinski definition) is 10.